The second kappa shape index (κ2) is 8.89. The van der Waals surface area contributed by atoms with Gasteiger partial charge < -0.3 is 15.2 Å². The molecule has 0 amide bonds. The number of benzene rings is 1. The zero-order chi connectivity index (χ0) is 21.9. The molecule has 1 aliphatic heterocycles. The van der Waals surface area contributed by atoms with Gasteiger partial charge in [0.25, 0.3) is 5.69 Å². The summed E-state index contributed by atoms with van der Waals surface area (Å²) >= 11 is 0. The molecule has 1 aliphatic rings. The van der Waals surface area contributed by atoms with Crippen LogP contribution < -0.4 is 5.32 Å². The van der Waals surface area contributed by atoms with E-state index in [4.69, 9.17) is 4.74 Å². The largest absolute Gasteiger partial charge is 0.478 e. The first-order valence-electron chi connectivity index (χ1n) is 9.46. The van der Waals surface area contributed by atoms with Crippen LogP contribution in [-0.4, -0.2) is 28.1 Å². The maximum atomic E-state index is 13.1. The van der Waals surface area contributed by atoms with Crippen LogP contribution in [0.1, 0.15) is 52.5 Å². The molecule has 2 unspecified atom stereocenters. The first kappa shape index (κ1) is 22.1. The quantitative estimate of drug-likeness (QED) is 0.403. The highest BCUT2D eigenvalue weighted by atomic mass is 16.6. The Bertz CT molecular complexity index is 900. The number of nitrogens with zero attached hydrogens (tertiary/aromatic N) is 1. The minimum absolute atomic E-state index is 0.0707. The first-order chi connectivity index (χ1) is 13.6. The van der Waals surface area contributed by atoms with Crippen LogP contribution in [0.2, 0.25) is 0 Å². The number of carbonyl (C=O) groups excluding carboxylic acids is 1. The highest BCUT2D eigenvalue weighted by Crippen LogP contribution is 2.42. The topological polar surface area (TPSA) is 119 Å². The van der Waals surface area contributed by atoms with Crippen molar-refractivity contribution in [2.24, 2.45) is 5.92 Å². The Labute approximate surface area is 169 Å². The fourth-order valence-corrected chi connectivity index (χ4v) is 3.65. The zero-order valence-electron chi connectivity index (χ0n) is 17.2. The second-order valence-electron chi connectivity index (χ2n) is 7.35. The number of nitrogens with one attached hydrogen (secondary N) is 1. The Morgan fingerprint density at radius 3 is 2.31 bits per heavy atom. The van der Waals surface area contributed by atoms with Crippen molar-refractivity contribution in [1.29, 1.82) is 0 Å². The number of esters is 1. The summed E-state index contributed by atoms with van der Waals surface area (Å²) < 4.78 is 5.66. The molecule has 156 valence electrons. The third-order valence-electron chi connectivity index (χ3n) is 5.06. The molecule has 2 rings (SSSR count). The van der Waals surface area contributed by atoms with Gasteiger partial charge in [-0.25, -0.2) is 9.59 Å². The molecular formula is C21H26N2O6. The summed E-state index contributed by atoms with van der Waals surface area (Å²) in [5.74, 6) is -2.98. The van der Waals surface area contributed by atoms with Crippen molar-refractivity contribution >= 4 is 17.6 Å². The predicted molar refractivity (Wildman–Crippen MR) is 107 cm³/mol. The second-order valence-corrected chi connectivity index (χ2v) is 7.35. The fourth-order valence-electron chi connectivity index (χ4n) is 3.65. The Morgan fingerprint density at radius 2 is 1.79 bits per heavy atom. The van der Waals surface area contributed by atoms with E-state index in [1.54, 1.807) is 19.9 Å². The lowest BCUT2D eigenvalue weighted by atomic mass is 9.79. The smallest absolute Gasteiger partial charge is 0.337 e. The molecule has 2 atom stereocenters. The lowest BCUT2D eigenvalue weighted by molar-refractivity contribution is -0.385. The van der Waals surface area contributed by atoms with Crippen molar-refractivity contribution in [3.8, 4) is 0 Å². The number of allylic oxidation sites excluding steroid dienone is 2. The molecular weight excluding hydrogens is 376 g/mol. The molecule has 8 heteroatoms. The van der Waals surface area contributed by atoms with Crippen molar-refractivity contribution < 1.29 is 24.4 Å². The predicted octanol–water partition coefficient (Wildman–Crippen LogP) is 3.89. The van der Waals surface area contributed by atoms with Gasteiger partial charge in [0.15, 0.2) is 0 Å². The fraction of sp³-hybridized carbons (Fsp3) is 0.429. The normalized spacial score (nSPS) is 17.8. The van der Waals surface area contributed by atoms with E-state index in [0.29, 0.717) is 17.8 Å². The van der Waals surface area contributed by atoms with E-state index in [9.17, 15) is 24.8 Å². The molecule has 2 N–H and O–H groups in total. The van der Waals surface area contributed by atoms with Crippen molar-refractivity contribution in [2.45, 2.75) is 53.1 Å². The van der Waals surface area contributed by atoms with Gasteiger partial charge in [-0.3, -0.25) is 10.1 Å². The van der Waals surface area contributed by atoms with Gasteiger partial charge in [0, 0.05) is 23.0 Å². The summed E-state index contributed by atoms with van der Waals surface area (Å²) in [6.07, 6.45) is 0.245. The average molecular weight is 402 g/mol. The average Bonchev–Trinajstić information content (AvgIpc) is 2.64. The summed E-state index contributed by atoms with van der Waals surface area (Å²) in [5, 5.41) is 24.3. The number of para-hydroxylation sites is 1. The molecule has 8 nitrogen and oxygen atoms in total. The highest BCUT2D eigenvalue weighted by Gasteiger charge is 2.40. The first-order valence-corrected chi connectivity index (χ1v) is 9.46. The number of hydrogen-bond donors (Lipinski definition) is 2. The minimum Gasteiger partial charge on any atom is -0.478 e. The minimum atomic E-state index is -1.26. The van der Waals surface area contributed by atoms with Crippen molar-refractivity contribution in [1.82, 2.24) is 5.32 Å². The molecule has 1 aromatic carbocycles. The Hall–Kier alpha value is -3.16. The molecule has 0 saturated heterocycles. The number of carboxylic acid groups (broad SMARTS) is 1. The van der Waals surface area contributed by atoms with Gasteiger partial charge in [0.05, 0.1) is 22.0 Å². The molecule has 1 aromatic rings. The van der Waals surface area contributed by atoms with E-state index in [0.717, 1.165) is 0 Å². The number of ether oxygens (including phenoxy) is 1. The molecule has 29 heavy (non-hydrogen) atoms. The van der Waals surface area contributed by atoms with Crippen LogP contribution in [0.5, 0.6) is 0 Å². The zero-order valence-corrected chi connectivity index (χ0v) is 17.2. The number of nitro groups is 1. The number of rotatable bonds is 7. The van der Waals surface area contributed by atoms with E-state index in [1.807, 2.05) is 20.8 Å². The van der Waals surface area contributed by atoms with Crippen LogP contribution in [-0.2, 0) is 14.3 Å². The molecule has 0 aliphatic carbocycles. The summed E-state index contributed by atoms with van der Waals surface area (Å²) in [7, 11) is 0. The number of carbonyl (C=O) groups is 2. The van der Waals surface area contributed by atoms with Crippen LogP contribution in [0, 0.1) is 16.0 Å². The van der Waals surface area contributed by atoms with Crippen molar-refractivity contribution in [2.75, 3.05) is 0 Å². The Morgan fingerprint density at radius 1 is 1.21 bits per heavy atom. The molecule has 0 aromatic heterocycles. The van der Waals surface area contributed by atoms with Gasteiger partial charge in [-0.15, -0.1) is 0 Å². The van der Waals surface area contributed by atoms with Crippen LogP contribution >= 0.6 is 0 Å². The lowest BCUT2D eigenvalue weighted by Gasteiger charge is -2.30. The van der Waals surface area contributed by atoms with Gasteiger partial charge >= 0.3 is 11.9 Å². The number of dihydropyridines is 1. The maximum Gasteiger partial charge on any atom is 0.337 e. The van der Waals surface area contributed by atoms with Crippen molar-refractivity contribution in [3.63, 3.8) is 0 Å². The van der Waals surface area contributed by atoms with Crippen LogP contribution in [0.15, 0.2) is 46.8 Å². The van der Waals surface area contributed by atoms with E-state index in [2.05, 4.69) is 5.32 Å². The van der Waals surface area contributed by atoms with Gasteiger partial charge in [0.1, 0.15) is 6.10 Å². The van der Waals surface area contributed by atoms with Gasteiger partial charge in [-0.1, -0.05) is 39.0 Å². The van der Waals surface area contributed by atoms with E-state index >= 15 is 0 Å². The molecule has 1 heterocycles. The van der Waals surface area contributed by atoms with E-state index < -0.39 is 22.8 Å². The van der Waals surface area contributed by atoms with Crippen LogP contribution in [0.25, 0.3) is 0 Å². The summed E-state index contributed by atoms with van der Waals surface area (Å²) in [5.41, 5.74) is 0.584. The van der Waals surface area contributed by atoms with Crippen LogP contribution in [0.4, 0.5) is 5.69 Å². The SMILES string of the molecule is CCC(OC(=O)C1=C(C)NC(C)=C(C(=O)O)C1c1ccccc1[N+](=O)[O-])C(C)C. The molecule has 0 radical (unpaired) electrons. The summed E-state index contributed by atoms with van der Waals surface area (Å²) in [4.78, 5) is 36.2. The number of aliphatic carboxylic acids is 1. The van der Waals surface area contributed by atoms with Crippen LogP contribution in [0.3, 0.4) is 0 Å². The maximum absolute atomic E-state index is 13.1. The Kier molecular flexibility index (Phi) is 6.79. The molecule has 0 fully saturated rings. The van der Waals surface area contributed by atoms with E-state index in [-0.39, 0.29) is 34.4 Å². The van der Waals surface area contributed by atoms with Gasteiger partial charge in [0.2, 0.25) is 0 Å². The summed E-state index contributed by atoms with van der Waals surface area (Å²) in [6, 6.07) is 5.86. The van der Waals surface area contributed by atoms with Gasteiger partial charge in [-0.2, -0.15) is 0 Å². The molecule has 0 spiro atoms. The number of hydrogen-bond acceptors (Lipinski definition) is 6. The monoisotopic (exact) mass is 402 g/mol. The van der Waals surface area contributed by atoms with Gasteiger partial charge in [-0.05, 0) is 26.2 Å². The van der Waals surface area contributed by atoms with Crippen molar-refractivity contribution in [3.05, 3.63) is 62.5 Å². The summed E-state index contributed by atoms with van der Waals surface area (Å²) in [6.45, 7) is 8.95. The number of nitro benzene ring substituents is 1. The van der Waals surface area contributed by atoms with E-state index in [1.165, 1.54) is 18.2 Å². The number of carboxylic acids is 1. The molecule has 0 bridgehead atoms. The third-order valence-corrected chi connectivity index (χ3v) is 5.06. The standard InChI is InChI=1S/C21H26N2O6/c1-6-16(11(2)3)29-21(26)18-13(5)22-12(4)17(20(24)25)19(18)14-9-7-8-10-15(14)23(27)28/h7-11,16,19,22H,6H2,1-5H3,(H,24,25). The Balaban J connectivity index is 2.68. The highest BCUT2D eigenvalue weighted by molar-refractivity contribution is 5.99. The lowest BCUT2D eigenvalue weighted by Crippen LogP contribution is -2.34. The molecule has 0 saturated carbocycles. The third kappa shape index (κ3) is 4.47.